The van der Waals surface area contributed by atoms with Gasteiger partial charge in [0.05, 0.1) is 22.8 Å². The number of allylic oxidation sites excluding steroid dienone is 2. The molecule has 3 aromatic carbocycles. The quantitative estimate of drug-likeness (QED) is 0.288. The Labute approximate surface area is 240 Å². The summed E-state index contributed by atoms with van der Waals surface area (Å²) in [6, 6.07) is 32.3. The molecule has 1 atom stereocenters. The van der Waals surface area contributed by atoms with Gasteiger partial charge in [-0.2, -0.15) is 20.9 Å². The summed E-state index contributed by atoms with van der Waals surface area (Å²) in [6.45, 7) is 2.06. The highest BCUT2D eigenvalue weighted by Crippen LogP contribution is 2.54. The largest absolute Gasteiger partial charge is 0.352 e. The molecule has 4 aromatic rings. The molecule has 3 heterocycles. The first-order valence-electron chi connectivity index (χ1n) is 12.8. The third-order valence-corrected chi connectivity index (χ3v) is 8.45. The maximum atomic E-state index is 14.6. The van der Waals surface area contributed by atoms with E-state index >= 15 is 0 Å². The fourth-order valence-corrected chi connectivity index (χ4v) is 6.28. The number of rotatable bonds is 5. The highest BCUT2D eigenvalue weighted by atomic mass is 32.2. The smallest absolute Gasteiger partial charge is 0.274 e. The van der Waals surface area contributed by atoms with Crippen LogP contribution in [0.15, 0.2) is 95.6 Å². The second-order valence-corrected chi connectivity index (χ2v) is 10.6. The van der Waals surface area contributed by atoms with E-state index in [1.165, 1.54) is 11.8 Å². The molecule has 1 aromatic heterocycles. The SMILES string of the molecule is CCc1ccc2c(c1)C1(NN=C(c3ccccc3)S1)C(=O)N2c1cc(C(C#N)=C(C#N)C#N)[nH]c1-c1ccccc1. The van der Waals surface area contributed by atoms with Crippen molar-refractivity contribution in [1.29, 1.82) is 15.8 Å². The minimum atomic E-state index is -1.20. The van der Waals surface area contributed by atoms with E-state index in [4.69, 9.17) is 0 Å². The third kappa shape index (κ3) is 4.06. The van der Waals surface area contributed by atoms with Crippen LogP contribution in [0.1, 0.15) is 29.3 Å². The van der Waals surface area contributed by atoms with Gasteiger partial charge in [0.1, 0.15) is 34.4 Å². The number of nitriles is 3. The molecular weight excluding hydrogens is 530 g/mol. The fourth-order valence-electron chi connectivity index (χ4n) is 5.10. The number of H-pyrrole nitrogens is 1. The molecule has 41 heavy (non-hydrogen) atoms. The lowest BCUT2D eigenvalue weighted by Crippen LogP contribution is -2.42. The van der Waals surface area contributed by atoms with Gasteiger partial charge in [0.2, 0.25) is 4.87 Å². The number of aromatic nitrogens is 1. The summed E-state index contributed by atoms with van der Waals surface area (Å²) < 4.78 is 0. The molecule has 0 aliphatic carbocycles. The predicted octanol–water partition coefficient (Wildman–Crippen LogP) is 6.10. The van der Waals surface area contributed by atoms with E-state index in [9.17, 15) is 20.6 Å². The van der Waals surface area contributed by atoms with Gasteiger partial charge >= 0.3 is 0 Å². The topological polar surface area (TPSA) is 132 Å². The lowest BCUT2D eigenvalue weighted by Gasteiger charge is -2.23. The first-order chi connectivity index (χ1) is 20.0. The normalized spacial score (nSPS) is 16.8. The molecule has 1 amide bonds. The van der Waals surface area contributed by atoms with Crippen molar-refractivity contribution < 1.29 is 4.79 Å². The van der Waals surface area contributed by atoms with Crippen molar-refractivity contribution in [3.63, 3.8) is 0 Å². The maximum Gasteiger partial charge on any atom is 0.274 e. The zero-order valence-corrected chi connectivity index (χ0v) is 22.7. The number of carbonyl (C=O) groups excluding carboxylic acids is 1. The average molecular weight is 552 g/mol. The van der Waals surface area contributed by atoms with Crippen molar-refractivity contribution >= 4 is 39.7 Å². The second kappa shape index (κ2) is 10.2. The Bertz CT molecular complexity index is 1870. The van der Waals surface area contributed by atoms with Gasteiger partial charge in [-0.25, -0.2) is 0 Å². The molecule has 196 valence electrons. The Balaban J connectivity index is 1.56. The number of thioether (sulfide) groups is 1. The summed E-state index contributed by atoms with van der Waals surface area (Å²) in [5.74, 6) is -0.244. The molecule has 2 N–H and O–H groups in total. The highest BCUT2D eigenvalue weighted by molar-refractivity contribution is 8.16. The van der Waals surface area contributed by atoms with Crippen LogP contribution in [0.2, 0.25) is 0 Å². The Morgan fingerprint density at radius 2 is 1.59 bits per heavy atom. The third-order valence-electron chi connectivity index (χ3n) is 7.13. The first-order valence-corrected chi connectivity index (χ1v) is 13.7. The van der Waals surface area contributed by atoms with Crippen LogP contribution in [-0.4, -0.2) is 15.9 Å². The molecule has 0 saturated carbocycles. The molecule has 1 spiro atoms. The van der Waals surface area contributed by atoms with Gasteiger partial charge < -0.3 is 4.98 Å². The standard InChI is InChI=1S/C32H21N7OS/c1-2-20-13-14-27-25(15-20)32(38-37-30(41-32)22-11-7-4-8-12-22)31(40)39(27)28-16-26(24(19-35)23(17-33)18-34)36-29(28)21-9-5-3-6-10-21/h3-16,36,38H,2H2,1H3. The van der Waals surface area contributed by atoms with Gasteiger partial charge in [-0.05, 0) is 30.2 Å². The second-order valence-electron chi connectivity index (χ2n) is 9.42. The van der Waals surface area contributed by atoms with Gasteiger partial charge in [-0.1, -0.05) is 85.4 Å². The summed E-state index contributed by atoms with van der Waals surface area (Å²) in [5, 5.41) is 34.2. The Morgan fingerprint density at radius 3 is 2.22 bits per heavy atom. The number of benzene rings is 3. The number of amides is 1. The van der Waals surface area contributed by atoms with E-state index in [2.05, 4.69) is 22.4 Å². The summed E-state index contributed by atoms with van der Waals surface area (Å²) in [6.07, 6.45) is 0.791. The van der Waals surface area contributed by atoms with Crippen molar-refractivity contribution in [2.45, 2.75) is 18.2 Å². The van der Waals surface area contributed by atoms with Crippen molar-refractivity contribution in [2.75, 3.05) is 4.90 Å². The number of aromatic amines is 1. The average Bonchev–Trinajstić information content (AvgIpc) is 3.72. The minimum Gasteiger partial charge on any atom is -0.352 e. The number of anilines is 2. The van der Waals surface area contributed by atoms with Crippen LogP contribution >= 0.6 is 11.8 Å². The van der Waals surface area contributed by atoms with Gasteiger partial charge in [0.25, 0.3) is 5.91 Å². The van der Waals surface area contributed by atoms with Crippen molar-refractivity contribution in [2.24, 2.45) is 5.10 Å². The molecule has 0 radical (unpaired) electrons. The number of carbonyl (C=O) groups is 1. The van der Waals surface area contributed by atoms with Crippen molar-refractivity contribution in [1.82, 2.24) is 10.4 Å². The molecule has 0 fully saturated rings. The van der Waals surface area contributed by atoms with E-state index in [-0.39, 0.29) is 22.7 Å². The Hall–Kier alpha value is -5.56. The fraction of sp³-hybridized carbons (Fsp3) is 0.0938. The maximum absolute atomic E-state index is 14.6. The molecule has 1 unspecified atom stereocenters. The van der Waals surface area contributed by atoms with Gasteiger partial charge in [0, 0.05) is 16.7 Å². The zero-order chi connectivity index (χ0) is 28.6. The van der Waals surface area contributed by atoms with Crippen LogP contribution in [0.3, 0.4) is 0 Å². The molecule has 8 nitrogen and oxygen atoms in total. The number of nitrogens with one attached hydrogen (secondary N) is 2. The number of hydrogen-bond acceptors (Lipinski definition) is 7. The molecule has 2 aliphatic rings. The van der Waals surface area contributed by atoms with E-state index in [1.54, 1.807) is 23.1 Å². The van der Waals surface area contributed by atoms with Crippen LogP contribution < -0.4 is 10.3 Å². The highest BCUT2D eigenvalue weighted by Gasteiger charge is 2.56. The van der Waals surface area contributed by atoms with Crippen molar-refractivity contribution in [3.8, 4) is 29.5 Å². The van der Waals surface area contributed by atoms with Gasteiger partial charge in [-0.3, -0.25) is 15.1 Å². The number of fused-ring (bicyclic) bond motifs is 2. The summed E-state index contributed by atoms with van der Waals surface area (Å²) in [5.41, 5.74) is 8.34. The predicted molar refractivity (Wildman–Crippen MR) is 158 cm³/mol. The summed E-state index contributed by atoms with van der Waals surface area (Å²) >= 11 is 1.36. The molecule has 6 rings (SSSR count). The monoisotopic (exact) mass is 551 g/mol. The molecular formula is C32H21N7OS. The van der Waals surface area contributed by atoms with Gasteiger partial charge in [-0.15, -0.1) is 0 Å². The van der Waals surface area contributed by atoms with Crippen LogP contribution in [-0.2, 0) is 16.1 Å². The number of hydrazone groups is 1. The van der Waals surface area contributed by atoms with Crippen LogP contribution in [0.5, 0.6) is 0 Å². The van der Waals surface area contributed by atoms with E-state index in [0.29, 0.717) is 22.1 Å². The molecule has 9 heteroatoms. The van der Waals surface area contributed by atoms with E-state index in [1.807, 2.05) is 84.9 Å². The summed E-state index contributed by atoms with van der Waals surface area (Å²) in [4.78, 5) is 18.3. The van der Waals surface area contributed by atoms with E-state index in [0.717, 1.165) is 28.7 Å². The van der Waals surface area contributed by atoms with Gasteiger partial charge in [0.15, 0.2) is 0 Å². The van der Waals surface area contributed by atoms with Crippen molar-refractivity contribution in [3.05, 3.63) is 113 Å². The van der Waals surface area contributed by atoms with Crippen LogP contribution in [0.25, 0.3) is 16.8 Å². The zero-order valence-electron chi connectivity index (χ0n) is 21.8. The minimum absolute atomic E-state index is 0.0931. The Morgan fingerprint density at radius 1 is 0.902 bits per heavy atom. The lowest BCUT2D eigenvalue weighted by molar-refractivity contribution is -0.120. The summed E-state index contributed by atoms with van der Waals surface area (Å²) in [7, 11) is 0. The van der Waals surface area contributed by atoms with Crippen LogP contribution in [0.4, 0.5) is 11.4 Å². The molecule has 0 bridgehead atoms. The van der Waals surface area contributed by atoms with Crippen LogP contribution in [0, 0.1) is 34.0 Å². The molecule has 2 aliphatic heterocycles. The number of aryl methyl sites for hydroxylation is 1. The first kappa shape index (κ1) is 25.7. The number of hydrogen-bond donors (Lipinski definition) is 2. The molecule has 0 saturated heterocycles. The Kier molecular flexibility index (Phi) is 6.40. The lowest BCUT2D eigenvalue weighted by atomic mass is 10.0. The number of nitrogens with zero attached hydrogens (tertiary/aromatic N) is 5. The van der Waals surface area contributed by atoms with E-state index < -0.39 is 4.87 Å².